The van der Waals surface area contributed by atoms with Crippen LogP contribution >= 0.6 is 0 Å². The van der Waals surface area contributed by atoms with E-state index in [1.807, 2.05) is 0 Å². The van der Waals surface area contributed by atoms with Crippen LogP contribution in [0.1, 0.15) is 28.9 Å². The van der Waals surface area contributed by atoms with Gasteiger partial charge in [0.05, 0.1) is 18.0 Å². The lowest BCUT2D eigenvalue weighted by atomic mass is 10.1. The van der Waals surface area contributed by atoms with Crippen LogP contribution in [0.5, 0.6) is 11.5 Å². The molecule has 3 aromatic carbocycles. The molecule has 10 heteroatoms. The molecule has 3 aromatic rings. The third kappa shape index (κ3) is 6.81. The van der Waals surface area contributed by atoms with Crippen LogP contribution in [0.15, 0.2) is 77.7 Å². The monoisotopic (exact) mass is 497 g/mol. The number of carbonyl (C=O) groups is 2. The maximum atomic E-state index is 12.9. The van der Waals surface area contributed by atoms with E-state index in [1.54, 1.807) is 81.7 Å². The number of hydrogen-bond donors (Lipinski definition) is 2. The Morgan fingerprint density at radius 1 is 1.00 bits per heavy atom. The van der Waals surface area contributed by atoms with Gasteiger partial charge in [0, 0.05) is 24.4 Å². The second kappa shape index (κ2) is 11.0. The molecule has 9 nitrogen and oxygen atoms in total. The lowest BCUT2D eigenvalue weighted by Gasteiger charge is -2.26. The molecule has 184 valence electrons. The summed E-state index contributed by atoms with van der Waals surface area (Å²) in [6, 6.07) is 19.2. The van der Waals surface area contributed by atoms with Crippen molar-refractivity contribution in [2.45, 2.75) is 17.9 Å². The molecular formula is C25H27N3O6S. The number of anilines is 1. The van der Waals surface area contributed by atoms with Crippen molar-refractivity contribution in [3.63, 3.8) is 0 Å². The van der Waals surface area contributed by atoms with Gasteiger partial charge >= 0.3 is 0 Å². The molecule has 1 atom stereocenters. The van der Waals surface area contributed by atoms with Crippen molar-refractivity contribution in [3.8, 4) is 11.5 Å². The van der Waals surface area contributed by atoms with E-state index in [1.165, 1.54) is 17.0 Å². The van der Waals surface area contributed by atoms with Crippen LogP contribution in [0.25, 0.3) is 0 Å². The number of amides is 2. The normalized spacial score (nSPS) is 11.9. The number of sulfonamides is 1. The number of nitrogens with two attached hydrogens (primary N) is 1. The van der Waals surface area contributed by atoms with Gasteiger partial charge in [0.2, 0.25) is 10.0 Å². The average Bonchev–Trinajstić information content (AvgIpc) is 2.86. The molecule has 3 rings (SSSR count). The number of primary sulfonamides is 1. The second-order valence-corrected chi connectivity index (χ2v) is 9.36. The number of benzene rings is 3. The van der Waals surface area contributed by atoms with Gasteiger partial charge < -0.3 is 19.7 Å². The van der Waals surface area contributed by atoms with Crippen molar-refractivity contribution < 1.29 is 27.5 Å². The summed E-state index contributed by atoms with van der Waals surface area (Å²) in [5, 5.41) is 7.93. The highest BCUT2D eigenvalue weighted by atomic mass is 32.2. The predicted octanol–water partition coefficient (Wildman–Crippen LogP) is 3.19. The van der Waals surface area contributed by atoms with Crippen molar-refractivity contribution in [2.75, 3.05) is 26.1 Å². The molecule has 0 spiro atoms. The van der Waals surface area contributed by atoms with Crippen LogP contribution in [0, 0.1) is 0 Å². The molecular weight excluding hydrogens is 470 g/mol. The van der Waals surface area contributed by atoms with Crippen molar-refractivity contribution in [3.05, 3.63) is 83.9 Å². The van der Waals surface area contributed by atoms with Crippen molar-refractivity contribution in [1.29, 1.82) is 0 Å². The molecule has 0 aliphatic rings. The van der Waals surface area contributed by atoms with Crippen LogP contribution < -0.4 is 19.9 Å². The molecule has 0 radical (unpaired) electrons. The third-order valence-electron chi connectivity index (χ3n) is 5.40. The van der Waals surface area contributed by atoms with Crippen molar-refractivity contribution in [1.82, 2.24) is 4.90 Å². The lowest BCUT2D eigenvalue weighted by molar-refractivity contribution is -0.118. The SMILES string of the molecule is COc1cccc(NC(=O)COc2ccc(C(=O)N(C)C(C)c3cccc(S(N)(=O)=O)c3)cc2)c1. The van der Waals surface area contributed by atoms with E-state index in [2.05, 4.69) is 5.32 Å². The van der Waals surface area contributed by atoms with Crippen molar-refractivity contribution in [2.24, 2.45) is 5.14 Å². The number of methoxy groups -OCH3 is 1. The van der Waals surface area contributed by atoms with E-state index in [0.717, 1.165) is 0 Å². The Bertz CT molecular complexity index is 1310. The smallest absolute Gasteiger partial charge is 0.262 e. The molecule has 0 bridgehead atoms. The third-order valence-corrected chi connectivity index (χ3v) is 6.31. The first kappa shape index (κ1) is 25.7. The number of carbonyl (C=O) groups excluding carboxylic acids is 2. The van der Waals surface area contributed by atoms with E-state index >= 15 is 0 Å². The summed E-state index contributed by atoms with van der Waals surface area (Å²) >= 11 is 0. The summed E-state index contributed by atoms with van der Waals surface area (Å²) < 4.78 is 33.9. The Hall–Kier alpha value is -3.89. The van der Waals surface area contributed by atoms with Gasteiger partial charge in [0.1, 0.15) is 11.5 Å². The first-order chi connectivity index (χ1) is 16.6. The Morgan fingerprint density at radius 3 is 2.34 bits per heavy atom. The summed E-state index contributed by atoms with van der Waals surface area (Å²) in [5.41, 5.74) is 1.63. The maximum absolute atomic E-state index is 12.9. The number of nitrogens with zero attached hydrogens (tertiary/aromatic N) is 1. The summed E-state index contributed by atoms with van der Waals surface area (Å²) in [4.78, 5) is 26.6. The Morgan fingerprint density at radius 2 is 1.69 bits per heavy atom. The quantitative estimate of drug-likeness (QED) is 0.467. The zero-order chi connectivity index (χ0) is 25.6. The fourth-order valence-corrected chi connectivity index (χ4v) is 3.86. The fraction of sp³-hybridized carbons (Fsp3) is 0.200. The van der Waals surface area contributed by atoms with Crippen molar-refractivity contribution >= 4 is 27.5 Å². The van der Waals surface area contributed by atoms with Crippen LogP contribution in [0.4, 0.5) is 5.69 Å². The minimum Gasteiger partial charge on any atom is -0.497 e. The van der Waals surface area contributed by atoms with E-state index in [0.29, 0.717) is 28.3 Å². The van der Waals surface area contributed by atoms with Gasteiger partial charge in [-0.3, -0.25) is 9.59 Å². The van der Waals surface area contributed by atoms with E-state index in [4.69, 9.17) is 14.6 Å². The molecule has 0 aromatic heterocycles. The number of nitrogens with one attached hydrogen (secondary N) is 1. The fourth-order valence-electron chi connectivity index (χ4n) is 3.30. The number of hydrogen-bond acceptors (Lipinski definition) is 6. The number of ether oxygens (including phenoxy) is 2. The highest BCUT2D eigenvalue weighted by molar-refractivity contribution is 7.89. The lowest BCUT2D eigenvalue weighted by Crippen LogP contribution is -2.29. The Kier molecular flexibility index (Phi) is 8.10. The van der Waals surface area contributed by atoms with Crippen LogP contribution in [0.2, 0.25) is 0 Å². The molecule has 0 saturated carbocycles. The zero-order valence-electron chi connectivity index (χ0n) is 19.6. The van der Waals surface area contributed by atoms with Gasteiger partial charge in [0.25, 0.3) is 11.8 Å². The van der Waals surface area contributed by atoms with Gasteiger partial charge in [0.15, 0.2) is 6.61 Å². The van der Waals surface area contributed by atoms with E-state index in [-0.39, 0.29) is 23.3 Å². The molecule has 1 unspecified atom stereocenters. The van der Waals surface area contributed by atoms with Crippen LogP contribution in [-0.4, -0.2) is 45.9 Å². The molecule has 2 amide bonds. The average molecular weight is 498 g/mol. The number of rotatable bonds is 9. The van der Waals surface area contributed by atoms with Gasteiger partial charge in [-0.15, -0.1) is 0 Å². The second-order valence-electron chi connectivity index (χ2n) is 7.80. The highest BCUT2D eigenvalue weighted by Crippen LogP contribution is 2.24. The van der Waals surface area contributed by atoms with E-state index < -0.39 is 16.1 Å². The first-order valence-corrected chi connectivity index (χ1v) is 12.2. The summed E-state index contributed by atoms with van der Waals surface area (Å²) in [6.07, 6.45) is 0. The molecule has 0 heterocycles. The first-order valence-electron chi connectivity index (χ1n) is 10.6. The minimum atomic E-state index is -3.85. The topological polar surface area (TPSA) is 128 Å². The zero-order valence-corrected chi connectivity index (χ0v) is 20.4. The molecule has 0 aliphatic carbocycles. The summed E-state index contributed by atoms with van der Waals surface area (Å²) in [5.74, 6) is 0.453. The Labute approximate surface area is 204 Å². The summed E-state index contributed by atoms with van der Waals surface area (Å²) in [6.45, 7) is 1.58. The largest absolute Gasteiger partial charge is 0.497 e. The summed E-state index contributed by atoms with van der Waals surface area (Å²) in [7, 11) is -0.673. The highest BCUT2D eigenvalue weighted by Gasteiger charge is 2.20. The predicted molar refractivity (Wildman–Crippen MR) is 132 cm³/mol. The molecule has 0 saturated heterocycles. The molecule has 35 heavy (non-hydrogen) atoms. The van der Waals surface area contributed by atoms with Gasteiger partial charge in [-0.25, -0.2) is 13.6 Å². The standard InChI is InChI=1S/C25H27N3O6S/c1-17(19-6-4-9-23(14-19)35(26,31)32)28(2)25(30)18-10-12-21(13-11-18)34-16-24(29)27-20-7-5-8-22(15-20)33-3/h4-15,17H,16H2,1-3H3,(H,27,29)(H2,26,31,32). The van der Waals surface area contributed by atoms with Crippen LogP contribution in [-0.2, 0) is 14.8 Å². The Balaban J connectivity index is 1.59. The van der Waals surface area contributed by atoms with Crippen LogP contribution in [0.3, 0.4) is 0 Å². The van der Waals surface area contributed by atoms with E-state index in [9.17, 15) is 18.0 Å². The van der Waals surface area contributed by atoms with Gasteiger partial charge in [-0.2, -0.15) is 0 Å². The minimum absolute atomic E-state index is 0.0142. The van der Waals surface area contributed by atoms with Gasteiger partial charge in [-0.1, -0.05) is 18.2 Å². The maximum Gasteiger partial charge on any atom is 0.262 e. The molecule has 3 N–H and O–H groups in total. The molecule has 0 aliphatic heterocycles. The van der Waals surface area contributed by atoms with Gasteiger partial charge in [-0.05, 0) is 61.0 Å². The molecule has 0 fully saturated rings.